The average molecular weight is 396 g/mol. The van der Waals surface area contributed by atoms with Crippen molar-refractivity contribution in [2.75, 3.05) is 31.7 Å². The molecule has 146 valence electrons. The third-order valence-electron chi connectivity index (χ3n) is 5.15. The van der Waals surface area contributed by atoms with Gasteiger partial charge in [-0.2, -0.15) is 0 Å². The highest BCUT2D eigenvalue weighted by Crippen LogP contribution is 2.32. The van der Waals surface area contributed by atoms with Gasteiger partial charge in [0.05, 0.1) is 23.0 Å². The number of ether oxygens (including phenoxy) is 1. The van der Waals surface area contributed by atoms with Crippen molar-refractivity contribution >= 4 is 32.9 Å². The van der Waals surface area contributed by atoms with Gasteiger partial charge in [0.1, 0.15) is 12.9 Å². The summed E-state index contributed by atoms with van der Waals surface area (Å²) in [6.45, 7) is 2.92. The van der Waals surface area contributed by atoms with Crippen molar-refractivity contribution < 1.29 is 9.57 Å². The lowest BCUT2D eigenvalue weighted by Gasteiger charge is -2.31. The van der Waals surface area contributed by atoms with Gasteiger partial charge < -0.3 is 14.5 Å². The summed E-state index contributed by atoms with van der Waals surface area (Å²) in [5.41, 5.74) is 2.11. The highest BCUT2D eigenvalue weighted by molar-refractivity contribution is 7.22. The second-order valence-corrected chi connectivity index (χ2v) is 8.03. The van der Waals surface area contributed by atoms with E-state index in [-0.39, 0.29) is 0 Å². The van der Waals surface area contributed by atoms with Gasteiger partial charge in [0.15, 0.2) is 5.13 Å². The summed E-state index contributed by atoms with van der Waals surface area (Å²) >= 11 is 1.80. The molecule has 0 aliphatic carbocycles. The quantitative estimate of drug-likeness (QED) is 0.419. The molecule has 1 aliphatic rings. The Morgan fingerprint density at radius 2 is 1.93 bits per heavy atom. The Morgan fingerprint density at radius 1 is 1.14 bits per heavy atom. The number of para-hydroxylation sites is 1. The fraction of sp³-hybridized carbons (Fsp3) is 0.364. The SMILES string of the molecule is CON=Cc1ccc(OCCC2CCN(c3nc4ccccc4s3)CC2)cc1. The van der Waals surface area contributed by atoms with Crippen molar-refractivity contribution in [3.05, 3.63) is 54.1 Å². The number of anilines is 1. The standard InChI is InChI=1S/C22H25N3O2S/c1-26-23-16-18-6-8-19(9-7-18)27-15-12-17-10-13-25(14-11-17)22-24-20-4-2-3-5-21(20)28-22/h2-9,16-17H,10-15H2,1H3. The molecule has 1 aromatic heterocycles. The molecule has 2 aromatic carbocycles. The lowest BCUT2D eigenvalue weighted by molar-refractivity contribution is 0.215. The molecule has 1 fully saturated rings. The number of fused-ring (bicyclic) bond motifs is 1. The Morgan fingerprint density at radius 3 is 2.68 bits per heavy atom. The molecule has 3 aromatic rings. The van der Waals surface area contributed by atoms with Gasteiger partial charge in [-0.1, -0.05) is 28.6 Å². The Hall–Kier alpha value is -2.60. The monoisotopic (exact) mass is 395 g/mol. The molecular formula is C22H25N3O2S. The van der Waals surface area contributed by atoms with E-state index >= 15 is 0 Å². The van der Waals surface area contributed by atoms with Crippen LogP contribution in [-0.2, 0) is 4.84 Å². The molecule has 4 rings (SSSR count). The molecule has 0 radical (unpaired) electrons. The van der Waals surface area contributed by atoms with Crippen LogP contribution in [0.1, 0.15) is 24.8 Å². The number of thiazole rings is 1. The number of piperidine rings is 1. The first-order valence-electron chi connectivity index (χ1n) is 9.72. The summed E-state index contributed by atoms with van der Waals surface area (Å²) in [7, 11) is 1.54. The first-order chi connectivity index (χ1) is 13.8. The zero-order valence-corrected chi connectivity index (χ0v) is 16.9. The third-order valence-corrected chi connectivity index (χ3v) is 6.25. The molecule has 0 spiro atoms. The number of hydrogen-bond donors (Lipinski definition) is 0. The van der Waals surface area contributed by atoms with Gasteiger partial charge in [0, 0.05) is 13.1 Å². The Kier molecular flexibility index (Phi) is 6.07. The van der Waals surface area contributed by atoms with Crippen molar-refractivity contribution in [2.24, 2.45) is 11.1 Å². The maximum absolute atomic E-state index is 5.92. The predicted molar refractivity (Wildman–Crippen MR) is 116 cm³/mol. The zero-order chi connectivity index (χ0) is 19.2. The smallest absolute Gasteiger partial charge is 0.186 e. The number of aromatic nitrogens is 1. The maximum atomic E-state index is 5.92. The van der Waals surface area contributed by atoms with Crippen LogP contribution in [0.3, 0.4) is 0 Å². The molecule has 28 heavy (non-hydrogen) atoms. The molecule has 6 heteroatoms. The summed E-state index contributed by atoms with van der Waals surface area (Å²) in [5.74, 6) is 1.63. The van der Waals surface area contributed by atoms with E-state index in [1.807, 2.05) is 24.3 Å². The predicted octanol–water partition coefficient (Wildman–Crippen LogP) is 4.96. The van der Waals surface area contributed by atoms with Gasteiger partial charge in [0.25, 0.3) is 0 Å². The van der Waals surface area contributed by atoms with E-state index in [0.717, 1.165) is 54.0 Å². The van der Waals surface area contributed by atoms with Crippen LogP contribution in [0.4, 0.5) is 5.13 Å². The van der Waals surface area contributed by atoms with Crippen molar-refractivity contribution in [1.29, 1.82) is 0 Å². The van der Waals surface area contributed by atoms with Gasteiger partial charge in [-0.25, -0.2) is 4.98 Å². The topological polar surface area (TPSA) is 47.0 Å². The molecule has 0 bridgehead atoms. The molecule has 1 aliphatic heterocycles. The minimum Gasteiger partial charge on any atom is -0.494 e. The summed E-state index contributed by atoms with van der Waals surface area (Å²) in [4.78, 5) is 11.9. The Labute approximate surface area is 169 Å². The van der Waals surface area contributed by atoms with Crippen LogP contribution in [0.5, 0.6) is 5.75 Å². The van der Waals surface area contributed by atoms with E-state index in [1.54, 1.807) is 17.6 Å². The Bertz CT molecular complexity index is 882. The molecule has 0 saturated carbocycles. The largest absolute Gasteiger partial charge is 0.494 e. The van der Waals surface area contributed by atoms with E-state index in [4.69, 9.17) is 14.6 Å². The number of nitrogens with zero attached hydrogens (tertiary/aromatic N) is 3. The van der Waals surface area contributed by atoms with Crippen LogP contribution in [0.2, 0.25) is 0 Å². The summed E-state index contributed by atoms with van der Waals surface area (Å²) in [6, 6.07) is 16.3. The molecule has 2 heterocycles. The second-order valence-electron chi connectivity index (χ2n) is 7.02. The number of oxime groups is 1. The van der Waals surface area contributed by atoms with Crippen LogP contribution in [0.25, 0.3) is 10.2 Å². The number of hydrogen-bond acceptors (Lipinski definition) is 6. The van der Waals surface area contributed by atoms with Crippen LogP contribution in [0.15, 0.2) is 53.7 Å². The average Bonchev–Trinajstić information content (AvgIpc) is 3.18. The summed E-state index contributed by atoms with van der Waals surface area (Å²) in [5, 5.41) is 4.92. The third kappa shape index (κ3) is 4.62. The fourth-order valence-corrected chi connectivity index (χ4v) is 4.53. The summed E-state index contributed by atoms with van der Waals surface area (Å²) in [6.07, 6.45) is 5.18. The maximum Gasteiger partial charge on any atom is 0.186 e. The summed E-state index contributed by atoms with van der Waals surface area (Å²) < 4.78 is 7.19. The van der Waals surface area contributed by atoms with Crippen molar-refractivity contribution in [2.45, 2.75) is 19.3 Å². The van der Waals surface area contributed by atoms with Gasteiger partial charge in [-0.15, -0.1) is 0 Å². The Balaban J connectivity index is 1.22. The van der Waals surface area contributed by atoms with Crippen LogP contribution >= 0.6 is 11.3 Å². The highest BCUT2D eigenvalue weighted by atomic mass is 32.1. The van der Waals surface area contributed by atoms with Crippen molar-refractivity contribution in [1.82, 2.24) is 4.98 Å². The van der Waals surface area contributed by atoms with Gasteiger partial charge >= 0.3 is 0 Å². The molecule has 0 unspecified atom stereocenters. The van der Waals surface area contributed by atoms with Crippen molar-refractivity contribution in [3.63, 3.8) is 0 Å². The van der Waals surface area contributed by atoms with E-state index in [9.17, 15) is 0 Å². The van der Waals surface area contributed by atoms with E-state index < -0.39 is 0 Å². The normalized spacial score (nSPS) is 15.4. The van der Waals surface area contributed by atoms with Gasteiger partial charge in [-0.3, -0.25) is 0 Å². The van der Waals surface area contributed by atoms with E-state index in [0.29, 0.717) is 0 Å². The zero-order valence-electron chi connectivity index (χ0n) is 16.1. The number of rotatable bonds is 7. The first kappa shape index (κ1) is 18.7. The first-order valence-corrected chi connectivity index (χ1v) is 10.5. The fourth-order valence-electron chi connectivity index (χ4n) is 3.52. The molecule has 0 atom stereocenters. The second kappa shape index (κ2) is 9.06. The minimum atomic E-state index is 0.721. The van der Waals surface area contributed by atoms with E-state index in [1.165, 1.54) is 24.7 Å². The number of benzene rings is 2. The van der Waals surface area contributed by atoms with Crippen LogP contribution in [0, 0.1) is 5.92 Å². The molecule has 0 N–H and O–H groups in total. The van der Waals surface area contributed by atoms with Crippen LogP contribution in [-0.4, -0.2) is 38.0 Å². The van der Waals surface area contributed by atoms with E-state index in [2.05, 4.69) is 34.3 Å². The molecular weight excluding hydrogens is 370 g/mol. The lowest BCUT2D eigenvalue weighted by Crippen LogP contribution is -2.34. The van der Waals surface area contributed by atoms with Crippen molar-refractivity contribution in [3.8, 4) is 5.75 Å². The van der Waals surface area contributed by atoms with Gasteiger partial charge in [-0.05, 0) is 67.1 Å². The molecule has 1 saturated heterocycles. The lowest BCUT2D eigenvalue weighted by atomic mass is 9.94. The molecule has 5 nitrogen and oxygen atoms in total. The van der Waals surface area contributed by atoms with Gasteiger partial charge in [0.2, 0.25) is 0 Å². The van der Waals surface area contributed by atoms with Crippen LogP contribution < -0.4 is 9.64 Å². The molecule has 0 amide bonds. The minimum absolute atomic E-state index is 0.721. The highest BCUT2D eigenvalue weighted by Gasteiger charge is 2.21.